The first kappa shape index (κ1) is 22.0. The van der Waals surface area contributed by atoms with E-state index in [-0.39, 0.29) is 11.6 Å². The van der Waals surface area contributed by atoms with E-state index in [1.54, 1.807) is 17.0 Å². The van der Waals surface area contributed by atoms with Crippen LogP contribution in [0, 0.1) is 0 Å². The van der Waals surface area contributed by atoms with Gasteiger partial charge in [-0.25, -0.2) is 4.79 Å². The number of benzene rings is 3. The fraction of sp³-hybridized carbons (Fsp3) is 0.148. The molecule has 0 atom stereocenters. The largest absolute Gasteiger partial charge is 0.451 e. The smallest absolute Gasteiger partial charge is 0.355 e. The van der Waals surface area contributed by atoms with Crippen molar-refractivity contribution >= 4 is 35.2 Å². The summed E-state index contributed by atoms with van der Waals surface area (Å²) in [6.07, 6.45) is 3.14. The quantitative estimate of drug-likeness (QED) is 0.477. The lowest BCUT2D eigenvalue weighted by molar-refractivity contribution is -0.144. The van der Waals surface area contributed by atoms with Gasteiger partial charge in [-0.3, -0.25) is 14.5 Å². The molecule has 2 amide bonds. The summed E-state index contributed by atoms with van der Waals surface area (Å²) in [4.78, 5) is 39.3. The maximum Gasteiger partial charge on any atom is 0.355 e. The number of carbonyl (C=O) groups is 3. The fourth-order valence-electron chi connectivity index (χ4n) is 3.87. The molecule has 0 unspecified atom stereocenters. The van der Waals surface area contributed by atoms with Gasteiger partial charge in [0.1, 0.15) is 5.70 Å². The number of anilines is 2. The molecule has 6 nitrogen and oxygen atoms in total. The van der Waals surface area contributed by atoms with Crippen molar-refractivity contribution in [3.63, 3.8) is 0 Å². The van der Waals surface area contributed by atoms with Crippen molar-refractivity contribution in [2.24, 2.45) is 0 Å². The number of amides is 2. The number of hydrogen-bond acceptors (Lipinski definition) is 4. The predicted octanol–water partition coefficient (Wildman–Crippen LogP) is 4.17. The summed E-state index contributed by atoms with van der Waals surface area (Å²) in [5.41, 5.74) is 4.36. The number of nitrogens with one attached hydrogen (secondary N) is 1. The second-order valence-electron chi connectivity index (χ2n) is 7.71. The van der Waals surface area contributed by atoms with Crippen molar-refractivity contribution in [1.82, 2.24) is 5.32 Å². The number of para-hydroxylation sites is 2. The van der Waals surface area contributed by atoms with Crippen LogP contribution in [0.2, 0.25) is 0 Å². The molecule has 33 heavy (non-hydrogen) atoms. The van der Waals surface area contributed by atoms with Gasteiger partial charge in [-0.2, -0.15) is 0 Å². The van der Waals surface area contributed by atoms with Crippen molar-refractivity contribution < 1.29 is 19.1 Å². The third kappa shape index (κ3) is 5.18. The van der Waals surface area contributed by atoms with Crippen LogP contribution in [0.1, 0.15) is 23.6 Å². The molecule has 0 aliphatic carbocycles. The number of rotatable bonds is 5. The van der Waals surface area contributed by atoms with Crippen molar-refractivity contribution in [2.45, 2.75) is 19.8 Å². The second-order valence-corrected chi connectivity index (χ2v) is 7.71. The first-order valence-corrected chi connectivity index (χ1v) is 10.7. The minimum Gasteiger partial charge on any atom is -0.451 e. The van der Waals surface area contributed by atoms with E-state index in [9.17, 15) is 14.4 Å². The van der Waals surface area contributed by atoms with Crippen molar-refractivity contribution in [1.29, 1.82) is 0 Å². The summed E-state index contributed by atoms with van der Waals surface area (Å²) in [5.74, 6) is -1.55. The Bertz CT molecular complexity index is 1170. The molecule has 0 radical (unpaired) electrons. The maximum atomic E-state index is 13.3. The highest BCUT2D eigenvalue weighted by atomic mass is 16.5. The van der Waals surface area contributed by atoms with Gasteiger partial charge < -0.3 is 10.1 Å². The molecule has 1 N–H and O–H groups in total. The molecule has 3 aromatic carbocycles. The molecule has 0 saturated carbocycles. The zero-order valence-electron chi connectivity index (χ0n) is 18.3. The zero-order chi connectivity index (χ0) is 23.2. The van der Waals surface area contributed by atoms with Gasteiger partial charge in [0.2, 0.25) is 5.91 Å². The molecule has 0 spiro atoms. The van der Waals surface area contributed by atoms with Crippen molar-refractivity contribution in [2.75, 3.05) is 11.5 Å². The summed E-state index contributed by atoms with van der Waals surface area (Å²) in [6, 6.07) is 24.6. The van der Waals surface area contributed by atoms with E-state index in [0.29, 0.717) is 0 Å². The van der Waals surface area contributed by atoms with E-state index in [1.807, 2.05) is 66.7 Å². The molecule has 0 saturated heterocycles. The topological polar surface area (TPSA) is 75.7 Å². The van der Waals surface area contributed by atoms with E-state index < -0.39 is 18.5 Å². The molecule has 1 aliphatic rings. The van der Waals surface area contributed by atoms with Crippen LogP contribution in [0.5, 0.6) is 0 Å². The van der Waals surface area contributed by atoms with Crippen LogP contribution in [0.25, 0.3) is 6.08 Å². The van der Waals surface area contributed by atoms with E-state index in [0.717, 1.165) is 40.9 Å². The van der Waals surface area contributed by atoms with Crippen LogP contribution in [0.3, 0.4) is 0 Å². The second kappa shape index (κ2) is 9.96. The van der Waals surface area contributed by atoms with Crippen LogP contribution >= 0.6 is 0 Å². The Hall–Kier alpha value is -4.19. The third-order valence-electron chi connectivity index (χ3n) is 5.35. The zero-order valence-corrected chi connectivity index (χ0v) is 18.3. The van der Waals surface area contributed by atoms with Gasteiger partial charge in [0.25, 0.3) is 5.91 Å². The van der Waals surface area contributed by atoms with Crippen LogP contribution in [-0.2, 0) is 32.0 Å². The highest BCUT2D eigenvalue weighted by molar-refractivity contribution is 6.05. The van der Waals surface area contributed by atoms with E-state index in [1.165, 1.54) is 13.0 Å². The highest BCUT2D eigenvalue weighted by Gasteiger charge is 2.26. The number of fused-ring (bicyclic) bond motifs is 2. The Morgan fingerprint density at radius 2 is 1.39 bits per heavy atom. The van der Waals surface area contributed by atoms with Crippen LogP contribution < -0.4 is 10.2 Å². The molecule has 0 aromatic heterocycles. The summed E-state index contributed by atoms with van der Waals surface area (Å²) in [5, 5.41) is 2.50. The molecular formula is C27H24N2O4. The van der Waals surface area contributed by atoms with E-state index in [2.05, 4.69) is 5.32 Å². The number of carbonyl (C=O) groups excluding carboxylic acids is 3. The third-order valence-corrected chi connectivity index (χ3v) is 5.35. The Balaban J connectivity index is 1.57. The van der Waals surface area contributed by atoms with Gasteiger partial charge in [-0.15, -0.1) is 0 Å². The Morgan fingerprint density at radius 1 is 0.848 bits per heavy atom. The molecule has 0 bridgehead atoms. The molecule has 1 heterocycles. The summed E-state index contributed by atoms with van der Waals surface area (Å²) in [7, 11) is 0. The Kier molecular flexibility index (Phi) is 6.64. The Labute approximate surface area is 192 Å². The van der Waals surface area contributed by atoms with Gasteiger partial charge in [-0.05, 0) is 47.7 Å². The van der Waals surface area contributed by atoms with Crippen molar-refractivity contribution in [3.05, 3.63) is 101 Å². The van der Waals surface area contributed by atoms with E-state index in [4.69, 9.17) is 4.74 Å². The molecule has 4 rings (SSSR count). The molecule has 6 heteroatoms. The van der Waals surface area contributed by atoms with Gasteiger partial charge in [0.05, 0.1) is 11.4 Å². The minimum atomic E-state index is -0.779. The number of ether oxygens (including phenoxy) is 1. The Morgan fingerprint density at radius 3 is 1.97 bits per heavy atom. The average molecular weight is 440 g/mol. The lowest BCUT2D eigenvalue weighted by atomic mass is 10.0. The first-order chi connectivity index (χ1) is 16.0. The molecule has 3 aromatic rings. The van der Waals surface area contributed by atoms with Gasteiger partial charge >= 0.3 is 5.97 Å². The monoisotopic (exact) mass is 440 g/mol. The standard InChI is InChI=1S/C27H24N2O4/c1-19(30)28-23(17-20-9-3-2-4-10-20)27(32)33-18-26(31)29-24-13-7-5-11-21(24)15-16-22-12-6-8-14-25(22)29/h2-14,17H,15-16,18H2,1H3,(H,28,30)/b23-17+. The molecule has 0 fully saturated rings. The lowest BCUT2D eigenvalue weighted by Gasteiger charge is -2.25. The number of esters is 1. The van der Waals surface area contributed by atoms with Gasteiger partial charge in [0.15, 0.2) is 6.61 Å². The van der Waals surface area contributed by atoms with Crippen LogP contribution in [-0.4, -0.2) is 24.4 Å². The molecular weight excluding hydrogens is 416 g/mol. The number of hydrogen-bond donors (Lipinski definition) is 1. The normalized spacial score (nSPS) is 12.8. The first-order valence-electron chi connectivity index (χ1n) is 10.7. The van der Waals surface area contributed by atoms with E-state index >= 15 is 0 Å². The van der Waals surface area contributed by atoms with Crippen molar-refractivity contribution in [3.8, 4) is 0 Å². The molecule has 166 valence electrons. The predicted molar refractivity (Wildman–Crippen MR) is 127 cm³/mol. The summed E-state index contributed by atoms with van der Waals surface area (Å²) < 4.78 is 5.35. The average Bonchev–Trinajstić information content (AvgIpc) is 2.99. The highest BCUT2D eigenvalue weighted by Crippen LogP contribution is 2.36. The number of aryl methyl sites for hydroxylation is 2. The SMILES string of the molecule is CC(=O)N/C(=C/c1ccccc1)C(=O)OCC(=O)N1c2ccccc2CCc2ccccc21. The number of nitrogens with zero attached hydrogens (tertiary/aromatic N) is 1. The van der Waals surface area contributed by atoms with Crippen LogP contribution in [0.15, 0.2) is 84.6 Å². The summed E-state index contributed by atoms with van der Waals surface area (Å²) >= 11 is 0. The maximum absolute atomic E-state index is 13.3. The lowest BCUT2D eigenvalue weighted by Crippen LogP contribution is -2.33. The fourth-order valence-corrected chi connectivity index (χ4v) is 3.87. The van der Waals surface area contributed by atoms with Gasteiger partial charge in [0, 0.05) is 6.92 Å². The molecule has 1 aliphatic heterocycles. The van der Waals surface area contributed by atoms with Gasteiger partial charge in [-0.1, -0.05) is 66.7 Å². The van der Waals surface area contributed by atoms with Crippen LogP contribution in [0.4, 0.5) is 11.4 Å². The summed E-state index contributed by atoms with van der Waals surface area (Å²) in [6.45, 7) is 0.843. The minimum absolute atomic E-state index is 0.0295.